The summed E-state index contributed by atoms with van der Waals surface area (Å²) in [6.45, 7) is 7.06. The number of ether oxygens (including phenoxy) is 2. The Morgan fingerprint density at radius 2 is 1.69 bits per heavy atom. The fourth-order valence-electron chi connectivity index (χ4n) is 5.68. The Morgan fingerprint density at radius 1 is 0.958 bits per heavy atom. The van der Waals surface area contributed by atoms with Gasteiger partial charge in [-0.2, -0.15) is 4.72 Å². The first-order chi connectivity index (χ1) is 23.1. The molecule has 0 unspecified atom stereocenters. The van der Waals surface area contributed by atoms with Crippen LogP contribution in [0.2, 0.25) is 0 Å². The number of sulfonamides is 1. The second-order valence-electron chi connectivity index (χ2n) is 12.2. The van der Waals surface area contributed by atoms with Crippen molar-refractivity contribution >= 4 is 21.6 Å². The minimum Gasteiger partial charge on any atom is -0.392 e. The summed E-state index contributed by atoms with van der Waals surface area (Å²) in [7, 11) is -1.98. The van der Waals surface area contributed by atoms with Crippen LogP contribution < -0.4 is 10.0 Å². The summed E-state index contributed by atoms with van der Waals surface area (Å²) in [6, 6.07) is 29.6. The molecule has 1 aliphatic rings. The smallest absolute Gasteiger partial charge is 0.242 e. The van der Waals surface area contributed by atoms with Crippen LogP contribution in [0.4, 0.5) is 5.69 Å². The first-order valence-corrected chi connectivity index (χ1v) is 17.5. The zero-order valence-electron chi connectivity index (χ0n) is 27.3. The topological polar surface area (TPSA) is 117 Å². The number of hydrogen-bond acceptors (Lipinski definition) is 7. The fourth-order valence-corrected chi connectivity index (χ4v) is 6.87. The van der Waals surface area contributed by atoms with Crippen LogP contribution in [0.15, 0.2) is 121 Å². The predicted molar refractivity (Wildman–Crippen MR) is 187 cm³/mol. The molecule has 252 valence electrons. The van der Waals surface area contributed by atoms with Crippen LogP contribution in [0, 0.1) is 6.92 Å². The SMILES string of the molecule is C=CCN(C)C[C@@H]1C[C@H](c2ccc(CO)cc2)O[C@H](c2cccc(NC(=O)[C@@H](Cc3ccccc3)NS(=O)(=O)c3ccc(C)cc3)c2)O1. The number of carbonyl (C=O) groups excluding carboxylic acids is 1. The summed E-state index contributed by atoms with van der Waals surface area (Å²) in [5, 5.41) is 12.4. The predicted octanol–water partition coefficient (Wildman–Crippen LogP) is 5.68. The molecule has 4 aromatic carbocycles. The van der Waals surface area contributed by atoms with E-state index in [9.17, 15) is 18.3 Å². The van der Waals surface area contributed by atoms with Crippen molar-refractivity contribution in [2.24, 2.45) is 0 Å². The summed E-state index contributed by atoms with van der Waals surface area (Å²) >= 11 is 0. The molecule has 1 saturated heterocycles. The number of aliphatic hydroxyl groups is 1. The van der Waals surface area contributed by atoms with Crippen LogP contribution in [-0.2, 0) is 37.3 Å². The van der Waals surface area contributed by atoms with E-state index in [0.29, 0.717) is 30.8 Å². The van der Waals surface area contributed by atoms with Crippen LogP contribution >= 0.6 is 0 Å². The van der Waals surface area contributed by atoms with Gasteiger partial charge in [0.1, 0.15) is 6.04 Å². The molecule has 0 bridgehead atoms. The van der Waals surface area contributed by atoms with Gasteiger partial charge in [-0.1, -0.05) is 90.5 Å². The number of rotatable bonds is 14. The second-order valence-corrected chi connectivity index (χ2v) is 13.9. The molecule has 1 amide bonds. The van der Waals surface area contributed by atoms with E-state index in [-0.39, 0.29) is 30.1 Å². The van der Waals surface area contributed by atoms with Crippen molar-refractivity contribution in [3.8, 4) is 0 Å². The van der Waals surface area contributed by atoms with Gasteiger partial charge < -0.3 is 24.8 Å². The van der Waals surface area contributed by atoms with Crippen molar-refractivity contribution in [3.63, 3.8) is 0 Å². The van der Waals surface area contributed by atoms with Crippen LogP contribution in [0.1, 0.15) is 46.6 Å². The minimum absolute atomic E-state index is 0.0371. The van der Waals surface area contributed by atoms with Crippen LogP contribution in [0.3, 0.4) is 0 Å². The molecule has 1 fully saturated rings. The van der Waals surface area contributed by atoms with E-state index in [1.54, 1.807) is 30.3 Å². The van der Waals surface area contributed by atoms with E-state index in [1.807, 2.05) is 80.7 Å². The molecule has 3 N–H and O–H groups in total. The van der Waals surface area contributed by atoms with Crippen molar-refractivity contribution in [2.75, 3.05) is 25.5 Å². The number of nitrogens with zero attached hydrogens (tertiary/aromatic N) is 1. The van der Waals surface area contributed by atoms with E-state index in [4.69, 9.17) is 9.47 Å². The highest BCUT2D eigenvalue weighted by Crippen LogP contribution is 2.38. The molecular weight excluding hydrogens is 627 g/mol. The largest absolute Gasteiger partial charge is 0.392 e. The number of benzene rings is 4. The maximum Gasteiger partial charge on any atom is 0.242 e. The Morgan fingerprint density at radius 3 is 2.38 bits per heavy atom. The maximum absolute atomic E-state index is 13.8. The van der Waals surface area contributed by atoms with Crippen LogP contribution in [0.5, 0.6) is 0 Å². The monoisotopic (exact) mass is 669 g/mol. The molecule has 9 nitrogen and oxygen atoms in total. The van der Waals surface area contributed by atoms with Gasteiger partial charge in [0.15, 0.2) is 6.29 Å². The molecule has 1 heterocycles. The third-order valence-electron chi connectivity index (χ3n) is 8.23. The number of carbonyl (C=O) groups is 1. The number of amides is 1. The number of hydrogen-bond donors (Lipinski definition) is 3. The van der Waals surface area contributed by atoms with Gasteiger partial charge in [0.2, 0.25) is 15.9 Å². The molecule has 0 radical (unpaired) electrons. The lowest BCUT2D eigenvalue weighted by Crippen LogP contribution is -2.45. The Balaban J connectivity index is 1.37. The molecule has 5 rings (SSSR count). The lowest BCUT2D eigenvalue weighted by Gasteiger charge is -2.37. The van der Waals surface area contributed by atoms with Crippen LogP contribution in [-0.4, -0.2) is 56.6 Å². The number of aliphatic hydroxyl groups excluding tert-OH is 1. The van der Waals surface area contributed by atoms with Gasteiger partial charge in [-0.15, -0.1) is 6.58 Å². The fraction of sp³-hybridized carbons (Fsp3) is 0.289. The molecule has 0 saturated carbocycles. The van der Waals surface area contributed by atoms with E-state index < -0.39 is 28.3 Å². The van der Waals surface area contributed by atoms with E-state index >= 15 is 0 Å². The first-order valence-electron chi connectivity index (χ1n) is 16.0. The average Bonchev–Trinajstić information content (AvgIpc) is 3.08. The number of likely N-dealkylation sites (N-methyl/N-ethyl adjacent to an activating group) is 1. The van der Waals surface area contributed by atoms with Crippen molar-refractivity contribution in [3.05, 3.63) is 144 Å². The van der Waals surface area contributed by atoms with Gasteiger partial charge >= 0.3 is 0 Å². The number of anilines is 1. The lowest BCUT2D eigenvalue weighted by molar-refractivity contribution is -0.252. The normalized spacial score (nSPS) is 18.7. The third-order valence-corrected chi connectivity index (χ3v) is 9.71. The number of nitrogens with one attached hydrogen (secondary N) is 2. The van der Waals surface area contributed by atoms with Crippen molar-refractivity contribution in [1.29, 1.82) is 0 Å². The van der Waals surface area contributed by atoms with Gasteiger partial charge in [-0.25, -0.2) is 8.42 Å². The summed E-state index contributed by atoms with van der Waals surface area (Å²) < 4.78 is 42.3. The summed E-state index contributed by atoms with van der Waals surface area (Å²) in [6.07, 6.45) is 1.50. The molecule has 1 aliphatic heterocycles. The molecule has 0 aromatic heterocycles. The summed E-state index contributed by atoms with van der Waals surface area (Å²) in [4.78, 5) is 16.0. The molecule has 0 aliphatic carbocycles. The van der Waals surface area contributed by atoms with Crippen molar-refractivity contribution < 1.29 is 27.8 Å². The number of aryl methyl sites for hydroxylation is 1. The second kappa shape index (κ2) is 16.3. The Labute approximate surface area is 283 Å². The summed E-state index contributed by atoms with van der Waals surface area (Å²) in [5.74, 6) is -0.497. The van der Waals surface area contributed by atoms with Crippen molar-refractivity contribution in [2.45, 2.75) is 55.8 Å². The van der Waals surface area contributed by atoms with E-state index in [0.717, 1.165) is 22.3 Å². The van der Waals surface area contributed by atoms with Gasteiger partial charge in [0, 0.05) is 30.8 Å². The quantitative estimate of drug-likeness (QED) is 0.148. The first kappa shape index (κ1) is 35.2. The average molecular weight is 670 g/mol. The third kappa shape index (κ3) is 9.47. The molecule has 4 atom stereocenters. The van der Waals surface area contributed by atoms with Crippen molar-refractivity contribution in [1.82, 2.24) is 9.62 Å². The van der Waals surface area contributed by atoms with Crippen LogP contribution in [0.25, 0.3) is 0 Å². The highest BCUT2D eigenvalue weighted by molar-refractivity contribution is 7.89. The van der Waals surface area contributed by atoms with E-state index in [2.05, 4.69) is 21.5 Å². The van der Waals surface area contributed by atoms with Gasteiger partial charge in [0.25, 0.3) is 0 Å². The molecule has 4 aromatic rings. The summed E-state index contributed by atoms with van der Waals surface area (Å²) in [5.41, 5.74) is 4.73. The van der Waals surface area contributed by atoms with Gasteiger partial charge in [-0.3, -0.25) is 4.79 Å². The Hall–Kier alpha value is -4.16. The maximum atomic E-state index is 13.8. The molecule has 48 heavy (non-hydrogen) atoms. The standard InChI is InChI=1S/C38H43N3O6S/c1-4-21-41(3)25-33-24-36(30-17-15-29(26-42)16-18-30)47-38(46-33)31-11-8-12-32(23-31)39-37(43)35(22-28-9-6-5-7-10-28)40-48(44,45)34-19-13-27(2)14-20-34/h4-20,23,33,35-36,38,40,42H,1,21-22,24-26H2,2-3H3,(H,39,43)/t33-,35+,36+,38+/m0/s1. The molecule has 0 spiro atoms. The molecule has 10 heteroatoms. The Kier molecular flexibility index (Phi) is 11.9. The highest BCUT2D eigenvalue weighted by atomic mass is 32.2. The zero-order valence-corrected chi connectivity index (χ0v) is 28.1. The van der Waals surface area contributed by atoms with Gasteiger partial charge in [0.05, 0.1) is 23.7 Å². The molecular formula is C38H43N3O6S. The van der Waals surface area contributed by atoms with E-state index in [1.165, 1.54) is 12.1 Å². The zero-order chi connectivity index (χ0) is 34.1. The highest BCUT2D eigenvalue weighted by Gasteiger charge is 2.33. The van der Waals surface area contributed by atoms with Gasteiger partial charge in [-0.05, 0) is 61.3 Å². The minimum atomic E-state index is -3.99. The lowest BCUT2D eigenvalue weighted by atomic mass is 9.99. The Bertz CT molecular complexity index is 1760.